The van der Waals surface area contributed by atoms with Crippen LogP contribution in [0.5, 0.6) is 0 Å². The molecule has 0 unspecified atom stereocenters. The Morgan fingerprint density at radius 3 is 2.19 bits per heavy atom. The van der Waals surface area contributed by atoms with Crippen LogP contribution in [0.1, 0.15) is 37.7 Å². The maximum Gasteiger partial charge on any atom is 0.190 e. The van der Waals surface area contributed by atoms with E-state index in [9.17, 15) is 4.79 Å². The molecule has 0 atom stereocenters. The quantitative estimate of drug-likeness (QED) is 0.729. The van der Waals surface area contributed by atoms with E-state index in [1.165, 1.54) is 0 Å². The molecule has 0 aliphatic carbocycles. The van der Waals surface area contributed by atoms with E-state index in [4.69, 9.17) is 0 Å². The van der Waals surface area contributed by atoms with Crippen LogP contribution in [-0.4, -0.2) is 18.2 Å². The number of nitrogens with zero attached hydrogens (tertiary/aromatic N) is 1. The summed E-state index contributed by atoms with van der Waals surface area (Å²) in [7, 11) is 1.65. The average molecular weight is 222 g/mol. The molecule has 3 heteroatoms. The van der Waals surface area contributed by atoms with Crippen molar-refractivity contribution in [2.75, 3.05) is 7.05 Å². The second kappa shape index (κ2) is 6.99. The summed E-state index contributed by atoms with van der Waals surface area (Å²) in [5.41, 5.74) is 2.41. The second-order valence-corrected chi connectivity index (χ2v) is 4.47. The molecule has 3 nitrogen and oxygen atoms in total. The van der Waals surface area contributed by atoms with Gasteiger partial charge in [0, 0.05) is 30.7 Å². The van der Waals surface area contributed by atoms with Crippen LogP contribution in [0.2, 0.25) is 0 Å². The monoisotopic (exact) mass is 222 g/mol. The Kier molecular flexibility index (Phi) is 6.38. The first-order valence-corrected chi connectivity index (χ1v) is 5.51. The van der Waals surface area contributed by atoms with Crippen molar-refractivity contribution < 1.29 is 0 Å². The number of H-pyrrole nitrogens is 1. The maximum absolute atomic E-state index is 11.3. The van der Waals surface area contributed by atoms with E-state index in [1.807, 2.05) is 13.8 Å². The summed E-state index contributed by atoms with van der Waals surface area (Å²) in [5, 5.41) is 0. The second-order valence-electron chi connectivity index (χ2n) is 4.47. The number of aromatic nitrogens is 1. The standard InChI is InChI=1S/C9H12N2O.C4H10/c1-6-4-9(12)8(5-10-3)7(2)11-6;1-4(2)3/h4-5H,1-3H3,(H,11,12);4H,1-3H3. The lowest BCUT2D eigenvalue weighted by Gasteiger charge is -2.00. The summed E-state index contributed by atoms with van der Waals surface area (Å²) in [4.78, 5) is 18.2. The molecule has 0 saturated heterocycles. The first kappa shape index (κ1) is 14.6. The van der Waals surface area contributed by atoms with Gasteiger partial charge in [-0.05, 0) is 19.8 Å². The number of rotatable bonds is 1. The molecule has 1 heterocycles. The molecule has 1 aromatic heterocycles. The highest BCUT2D eigenvalue weighted by Crippen LogP contribution is 1.97. The lowest BCUT2D eigenvalue weighted by atomic mass is 10.2. The van der Waals surface area contributed by atoms with Crippen molar-refractivity contribution in [1.82, 2.24) is 4.98 Å². The number of aromatic amines is 1. The molecule has 0 aliphatic heterocycles. The molecule has 0 amide bonds. The molecular formula is C13H22N2O. The molecule has 90 valence electrons. The Morgan fingerprint density at radius 1 is 1.31 bits per heavy atom. The number of pyridine rings is 1. The Bertz CT molecular complexity index is 400. The molecule has 1 rings (SSSR count). The van der Waals surface area contributed by atoms with Crippen LogP contribution < -0.4 is 5.43 Å². The molecule has 0 aliphatic rings. The number of hydrogen-bond donors (Lipinski definition) is 1. The molecule has 0 fully saturated rings. The van der Waals surface area contributed by atoms with E-state index in [0.29, 0.717) is 5.56 Å². The maximum atomic E-state index is 11.3. The van der Waals surface area contributed by atoms with Crippen molar-refractivity contribution in [3.05, 3.63) is 33.2 Å². The third-order valence-electron chi connectivity index (χ3n) is 1.66. The van der Waals surface area contributed by atoms with Gasteiger partial charge in [-0.2, -0.15) is 0 Å². The largest absolute Gasteiger partial charge is 0.362 e. The number of aliphatic imine (C=N–C) groups is 1. The molecular weight excluding hydrogens is 200 g/mol. The van der Waals surface area contributed by atoms with Crippen LogP contribution in [0.15, 0.2) is 15.9 Å². The first-order valence-electron chi connectivity index (χ1n) is 5.51. The van der Waals surface area contributed by atoms with Gasteiger partial charge in [-0.25, -0.2) is 0 Å². The highest BCUT2D eigenvalue weighted by atomic mass is 16.1. The van der Waals surface area contributed by atoms with Gasteiger partial charge in [0.2, 0.25) is 0 Å². The molecule has 1 N–H and O–H groups in total. The fourth-order valence-corrected chi connectivity index (χ4v) is 1.15. The van der Waals surface area contributed by atoms with Crippen molar-refractivity contribution in [2.24, 2.45) is 10.9 Å². The predicted octanol–water partition coefficient (Wildman–Crippen LogP) is 2.70. The summed E-state index contributed by atoms with van der Waals surface area (Å²) in [6, 6.07) is 1.57. The minimum Gasteiger partial charge on any atom is -0.362 e. The minimum absolute atomic E-state index is 0.0225. The summed E-state index contributed by atoms with van der Waals surface area (Å²) < 4.78 is 0. The Labute approximate surface area is 97.6 Å². The third-order valence-corrected chi connectivity index (χ3v) is 1.66. The highest BCUT2D eigenvalue weighted by molar-refractivity contribution is 5.80. The zero-order valence-electron chi connectivity index (χ0n) is 11.1. The van der Waals surface area contributed by atoms with Crippen molar-refractivity contribution in [3.8, 4) is 0 Å². The zero-order valence-corrected chi connectivity index (χ0v) is 11.1. The number of nitrogens with one attached hydrogen (secondary N) is 1. The lowest BCUT2D eigenvalue weighted by molar-refractivity contribution is 0.737. The summed E-state index contributed by atoms with van der Waals surface area (Å²) >= 11 is 0. The normalized spacial score (nSPS) is 10.4. The van der Waals surface area contributed by atoms with Crippen LogP contribution in [0.25, 0.3) is 0 Å². The van der Waals surface area contributed by atoms with Crippen LogP contribution >= 0.6 is 0 Å². The van der Waals surface area contributed by atoms with Gasteiger partial charge < -0.3 is 4.98 Å². The topological polar surface area (TPSA) is 45.2 Å². The van der Waals surface area contributed by atoms with Gasteiger partial charge in [0.05, 0.1) is 5.56 Å². The zero-order chi connectivity index (χ0) is 12.7. The number of hydrogen-bond acceptors (Lipinski definition) is 2. The lowest BCUT2D eigenvalue weighted by Crippen LogP contribution is -2.11. The van der Waals surface area contributed by atoms with Crippen molar-refractivity contribution >= 4 is 6.21 Å². The molecule has 0 bridgehead atoms. The van der Waals surface area contributed by atoms with Gasteiger partial charge in [-0.1, -0.05) is 20.8 Å². The number of aryl methyl sites for hydroxylation is 2. The van der Waals surface area contributed by atoms with Gasteiger partial charge in [-0.3, -0.25) is 9.79 Å². The van der Waals surface area contributed by atoms with E-state index in [-0.39, 0.29) is 5.43 Å². The van der Waals surface area contributed by atoms with Crippen LogP contribution in [-0.2, 0) is 0 Å². The fraction of sp³-hybridized carbons (Fsp3) is 0.538. The minimum atomic E-state index is 0.0225. The van der Waals surface area contributed by atoms with E-state index < -0.39 is 0 Å². The summed E-state index contributed by atoms with van der Waals surface area (Å²) in [5.74, 6) is 0.833. The van der Waals surface area contributed by atoms with Crippen molar-refractivity contribution in [3.63, 3.8) is 0 Å². The van der Waals surface area contributed by atoms with Crippen LogP contribution in [0, 0.1) is 19.8 Å². The smallest absolute Gasteiger partial charge is 0.190 e. The average Bonchev–Trinajstić information content (AvgIpc) is 2.10. The highest BCUT2D eigenvalue weighted by Gasteiger charge is 2.00. The summed E-state index contributed by atoms with van der Waals surface area (Å²) in [6.07, 6.45) is 1.58. The SMILES string of the molecule is CC(C)C.CN=Cc1c(C)[nH]c(C)cc1=O. The fourth-order valence-electron chi connectivity index (χ4n) is 1.15. The third kappa shape index (κ3) is 5.49. The van der Waals surface area contributed by atoms with E-state index >= 15 is 0 Å². The van der Waals surface area contributed by atoms with Crippen molar-refractivity contribution in [1.29, 1.82) is 0 Å². The Morgan fingerprint density at radius 2 is 1.81 bits per heavy atom. The summed E-state index contributed by atoms with van der Waals surface area (Å²) in [6.45, 7) is 10.2. The molecule has 0 aromatic carbocycles. The van der Waals surface area contributed by atoms with E-state index in [0.717, 1.165) is 17.3 Å². The predicted molar refractivity (Wildman–Crippen MR) is 70.6 cm³/mol. The Hall–Kier alpha value is -1.38. The first-order chi connectivity index (χ1) is 7.38. The molecule has 16 heavy (non-hydrogen) atoms. The van der Waals surface area contributed by atoms with Crippen molar-refractivity contribution in [2.45, 2.75) is 34.6 Å². The van der Waals surface area contributed by atoms with Gasteiger partial charge in [-0.15, -0.1) is 0 Å². The molecule has 0 saturated carbocycles. The van der Waals surface area contributed by atoms with E-state index in [1.54, 1.807) is 19.3 Å². The molecule has 0 radical (unpaired) electrons. The van der Waals surface area contributed by atoms with Gasteiger partial charge in [0.15, 0.2) is 5.43 Å². The van der Waals surface area contributed by atoms with Crippen LogP contribution in [0.3, 0.4) is 0 Å². The Balaban J connectivity index is 0.000000487. The van der Waals surface area contributed by atoms with E-state index in [2.05, 4.69) is 30.7 Å². The van der Waals surface area contributed by atoms with Gasteiger partial charge in [0.1, 0.15) is 0 Å². The van der Waals surface area contributed by atoms with Crippen LogP contribution in [0.4, 0.5) is 0 Å². The van der Waals surface area contributed by atoms with Gasteiger partial charge >= 0.3 is 0 Å². The van der Waals surface area contributed by atoms with Gasteiger partial charge in [0.25, 0.3) is 0 Å². The molecule has 1 aromatic rings. The molecule has 0 spiro atoms.